The van der Waals surface area contributed by atoms with Gasteiger partial charge < -0.3 is 9.67 Å². The molecule has 2 heterocycles. The number of hydrogen-bond acceptors (Lipinski definition) is 3. The Morgan fingerprint density at radius 3 is 2.29 bits per heavy atom. The van der Waals surface area contributed by atoms with Crippen molar-refractivity contribution in [3.05, 3.63) is 96.0 Å². The quantitative estimate of drug-likeness (QED) is 0.177. The molecule has 0 atom stereocenters. The normalized spacial score (nSPS) is 10.8. The number of rotatable bonds is 3. The van der Waals surface area contributed by atoms with Gasteiger partial charge in [0.05, 0.1) is 11.3 Å². The molecule has 4 aromatic rings. The first-order valence-electron chi connectivity index (χ1n) is 9.75. The molecule has 0 amide bonds. The first-order valence-corrected chi connectivity index (χ1v) is 9.75. The van der Waals surface area contributed by atoms with Gasteiger partial charge in [0.25, 0.3) is 0 Å². The van der Waals surface area contributed by atoms with Gasteiger partial charge in [0, 0.05) is 44.3 Å². The standard InChI is InChI=1S/C21H17N2.C5H8O2.Ir/c1-15-11-16(2)13-18(12-15)20-8-6-17-5-7-19(14-21(17)22-20)23-9-3-4-10-23;1-4(6)3-5(2)7;/h3-12,14H,1-2H3;3,6H,1-2H3;/q-1;;/b;4-3-;. The van der Waals surface area contributed by atoms with Crippen LogP contribution in [0.25, 0.3) is 27.8 Å². The van der Waals surface area contributed by atoms with Crippen molar-refractivity contribution in [1.29, 1.82) is 0 Å². The summed E-state index contributed by atoms with van der Waals surface area (Å²) in [7, 11) is 0. The van der Waals surface area contributed by atoms with Crippen LogP contribution in [0.2, 0.25) is 0 Å². The van der Waals surface area contributed by atoms with Gasteiger partial charge in [-0.15, -0.1) is 34.9 Å². The Labute approximate surface area is 196 Å². The number of carbonyl (C=O) groups excluding carboxylic acids is 1. The fourth-order valence-corrected chi connectivity index (χ4v) is 3.25. The number of nitrogens with zero attached hydrogens (tertiary/aromatic N) is 2. The Bertz CT molecular complexity index is 1190. The third kappa shape index (κ3) is 6.74. The van der Waals surface area contributed by atoms with E-state index < -0.39 is 0 Å². The van der Waals surface area contributed by atoms with Crippen LogP contribution in [-0.4, -0.2) is 20.4 Å². The van der Waals surface area contributed by atoms with E-state index in [4.69, 9.17) is 10.1 Å². The number of aromatic nitrogens is 2. The molecule has 0 aliphatic carbocycles. The Kier molecular flexibility index (Phi) is 8.49. The van der Waals surface area contributed by atoms with Crippen LogP contribution in [0.3, 0.4) is 0 Å². The number of fused-ring (bicyclic) bond motifs is 1. The van der Waals surface area contributed by atoms with Crippen molar-refractivity contribution in [1.82, 2.24) is 9.55 Å². The zero-order chi connectivity index (χ0) is 21.7. The average molecular weight is 590 g/mol. The maximum atomic E-state index is 10.0. The van der Waals surface area contributed by atoms with Crippen molar-refractivity contribution < 1.29 is 30.0 Å². The molecule has 0 unspecified atom stereocenters. The fraction of sp³-hybridized carbons (Fsp3) is 0.154. The van der Waals surface area contributed by atoms with Gasteiger partial charge in [0.2, 0.25) is 0 Å². The van der Waals surface area contributed by atoms with Crippen LogP contribution < -0.4 is 0 Å². The van der Waals surface area contributed by atoms with E-state index in [0.29, 0.717) is 0 Å². The Balaban J connectivity index is 0.000000373. The van der Waals surface area contributed by atoms with E-state index in [0.717, 1.165) is 33.4 Å². The SMILES string of the molecule is CC(=O)/C=C(/C)O.Cc1[c-]c(-c2ccc3ccc(-n4cccc4)cc3n2)cc(C)c1.[Ir]. The summed E-state index contributed by atoms with van der Waals surface area (Å²) >= 11 is 0. The molecule has 0 fully saturated rings. The summed E-state index contributed by atoms with van der Waals surface area (Å²) in [6.07, 6.45) is 5.26. The predicted octanol–water partition coefficient (Wildman–Crippen LogP) is 6.14. The summed E-state index contributed by atoms with van der Waals surface area (Å²) in [5.74, 6) is -0.0625. The first-order chi connectivity index (χ1) is 14.3. The van der Waals surface area contributed by atoms with E-state index in [1.807, 2.05) is 24.5 Å². The molecule has 0 spiro atoms. The number of aryl methyl sites for hydroxylation is 2. The van der Waals surface area contributed by atoms with Gasteiger partial charge in [-0.1, -0.05) is 32.0 Å². The topological polar surface area (TPSA) is 55.1 Å². The minimum Gasteiger partial charge on any atom is -0.512 e. The van der Waals surface area contributed by atoms with Crippen LogP contribution in [0, 0.1) is 19.9 Å². The predicted molar refractivity (Wildman–Crippen MR) is 122 cm³/mol. The summed E-state index contributed by atoms with van der Waals surface area (Å²) < 4.78 is 2.09. The molecule has 0 aliphatic rings. The van der Waals surface area contributed by atoms with Crippen molar-refractivity contribution in [2.24, 2.45) is 0 Å². The van der Waals surface area contributed by atoms with Crippen LogP contribution in [0.4, 0.5) is 0 Å². The van der Waals surface area contributed by atoms with Crippen molar-refractivity contribution >= 4 is 16.7 Å². The summed E-state index contributed by atoms with van der Waals surface area (Å²) in [6, 6.07) is 22.3. The molecule has 161 valence electrons. The number of hydrogen-bond donors (Lipinski definition) is 1. The molecule has 0 aliphatic heterocycles. The smallest absolute Gasteiger partial charge is 0.155 e. The number of aliphatic hydroxyl groups excluding tert-OH is 1. The van der Waals surface area contributed by atoms with Gasteiger partial charge in [-0.3, -0.25) is 9.78 Å². The molecular weight excluding hydrogens is 565 g/mol. The monoisotopic (exact) mass is 590 g/mol. The summed E-state index contributed by atoms with van der Waals surface area (Å²) in [4.78, 5) is 14.9. The molecule has 2 aromatic carbocycles. The van der Waals surface area contributed by atoms with Gasteiger partial charge in [-0.25, -0.2) is 0 Å². The molecule has 0 bridgehead atoms. The first kappa shape index (κ1) is 24.3. The molecule has 4 rings (SSSR count). The number of ketones is 1. The van der Waals surface area contributed by atoms with E-state index in [1.165, 1.54) is 25.5 Å². The van der Waals surface area contributed by atoms with E-state index in [1.54, 1.807) is 0 Å². The van der Waals surface area contributed by atoms with E-state index in [-0.39, 0.29) is 31.6 Å². The number of benzene rings is 2. The van der Waals surface area contributed by atoms with E-state index in [9.17, 15) is 4.79 Å². The van der Waals surface area contributed by atoms with Crippen LogP contribution >= 0.6 is 0 Å². The third-order valence-electron chi connectivity index (χ3n) is 4.41. The van der Waals surface area contributed by atoms with Crippen molar-refractivity contribution in [2.75, 3.05) is 0 Å². The minimum atomic E-state index is -0.125. The molecule has 0 saturated carbocycles. The molecule has 5 heteroatoms. The van der Waals surface area contributed by atoms with Crippen molar-refractivity contribution in [3.8, 4) is 16.9 Å². The van der Waals surface area contributed by atoms with Gasteiger partial charge in [0.1, 0.15) is 0 Å². The van der Waals surface area contributed by atoms with Crippen LogP contribution in [-0.2, 0) is 24.9 Å². The van der Waals surface area contributed by atoms with Gasteiger partial charge in [-0.2, -0.15) is 0 Å². The van der Waals surface area contributed by atoms with Gasteiger partial charge >= 0.3 is 0 Å². The maximum absolute atomic E-state index is 10.0. The molecular formula is C26H25IrN2O2-. The number of aliphatic hydroxyl groups is 1. The second kappa shape index (κ2) is 10.9. The number of carbonyl (C=O) groups is 1. The number of pyridine rings is 1. The van der Waals surface area contributed by atoms with Crippen LogP contribution in [0.5, 0.6) is 0 Å². The Morgan fingerprint density at radius 2 is 1.71 bits per heavy atom. The summed E-state index contributed by atoms with van der Waals surface area (Å²) in [5, 5.41) is 9.51. The van der Waals surface area contributed by atoms with Gasteiger partial charge in [0.15, 0.2) is 5.78 Å². The third-order valence-corrected chi connectivity index (χ3v) is 4.41. The minimum absolute atomic E-state index is 0. The molecule has 31 heavy (non-hydrogen) atoms. The maximum Gasteiger partial charge on any atom is 0.155 e. The summed E-state index contributed by atoms with van der Waals surface area (Å²) in [6.45, 7) is 7.03. The Hall–Kier alpha value is -3.01. The molecule has 1 radical (unpaired) electrons. The largest absolute Gasteiger partial charge is 0.512 e. The fourth-order valence-electron chi connectivity index (χ4n) is 3.25. The van der Waals surface area contributed by atoms with E-state index in [2.05, 4.69) is 66.9 Å². The molecule has 4 nitrogen and oxygen atoms in total. The second-order valence-electron chi connectivity index (χ2n) is 7.31. The Morgan fingerprint density at radius 1 is 1.03 bits per heavy atom. The zero-order valence-corrected chi connectivity index (χ0v) is 20.4. The van der Waals surface area contributed by atoms with Crippen molar-refractivity contribution in [2.45, 2.75) is 27.7 Å². The van der Waals surface area contributed by atoms with Crippen LogP contribution in [0.15, 0.2) is 78.8 Å². The molecule has 0 saturated heterocycles. The number of allylic oxidation sites excluding steroid dienone is 2. The van der Waals surface area contributed by atoms with E-state index >= 15 is 0 Å². The zero-order valence-electron chi connectivity index (χ0n) is 18.0. The second-order valence-corrected chi connectivity index (χ2v) is 7.31. The molecule has 1 N–H and O–H groups in total. The van der Waals surface area contributed by atoms with Crippen LogP contribution in [0.1, 0.15) is 25.0 Å². The van der Waals surface area contributed by atoms with Crippen molar-refractivity contribution in [3.63, 3.8) is 0 Å². The van der Waals surface area contributed by atoms with Gasteiger partial charge in [-0.05, 0) is 49.2 Å². The summed E-state index contributed by atoms with van der Waals surface area (Å²) in [5.41, 5.74) is 6.52. The molecule has 2 aromatic heterocycles. The average Bonchev–Trinajstić information content (AvgIpc) is 3.20.